The molecular weight excluding hydrogens is 256 g/mol. The summed E-state index contributed by atoms with van der Waals surface area (Å²) >= 11 is 5.98. The van der Waals surface area contributed by atoms with Crippen molar-refractivity contribution < 1.29 is 0 Å². The molecule has 0 aromatic heterocycles. The third-order valence-corrected chi connectivity index (χ3v) is 4.55. The molecule has 1 fully saturated rings. The molecule has 19 heavy (non-hydrogen) atoms. The van der Waals surface area contributed by atoms with E-state index in [1.807, 2.05) is 12.1 Å². The molecule has 3 heteroatoms. The van der Waals surface area contributed by atoms with Gasteiger partial charge in [-0.15, -0.1) is 0 Å². The second-order valence-electron chi connectivity index (χ2n) is 5.81. The van der Waals surface area contributed by atoms with Crippen molar-refractivity contribution in [2.75, 3.05) is 7.05 Å². The highest BCUT2D eigenvalue weighted by Crippen LogP contribution is 2.30. The van der Waals surface area contributed by atoms with Crippen LogP contribution in [0.5, 0.6) is 0 Å². The van der Waals surface area contributed by atoms with Crippen LogP contribution in [0.15, 0.2) is 24.3 Å². The maximum absolute atomic E-state index is 6.24. The van der Waals surface area contributed by atoms with E-state index in [1.165, 1.54) is 37.7 Å². The third kappa shape index (κ3) is 3.71. The number of hydrogen-bond donors (Lipinski definition) is 1. The van der Waals surface area contributed by atoms with Gasteiger partial charge in [0.05, 0.1) is 0 Å². The second-order valence-corrected chi connectivity index (χ2v) is 6.25. The van der Waals surface area contributed by atoms with Gasteiger partial charge in [-0.05, 0) is 44.5 Å². The molecule has 1 aliphatic rings. The summed E-state index contributed by atoms with van der Waals surface area (Å²) in [5.74, 6) is 0. The Morgan fingerprint density at radius 2 is 1.74 bits per heavy atom. The first-order chi connectivity index (χ1) is 9.09. The van der Waals surface area contributed by atoms with Crippen molar-refractivity contribution in [3.63, 3.8) is 0 Å². The van der Waals surface area contributed by atoms with Gasteiger partial charge >= 0.3 is 0 Å². The zero-order chi connectivity index (χ0) is 13.8. The molecule has 0 aliphatic heterocycles. The molecule has 0 heterocycles. The fraction of sp³-hybridized carbons (Fsp3) is 0.625. The van der Waals surface area contributed by atoms with Gasteiger partial charge in [0, 0.05) is 23.1 Å². The first kappa shape index (κ1) is 14.8. The van der Waals surface area contributed by atoms with E-state index < -0.39 is 0 Å². The minimum Gasteiger partial charge on any atom is -0.326 e. The standard InChI is InChI=1S/C16H25ClN2/c1-12(18)16(13-8-10-14(17)11-9-13)19(2)15-6-4-3-5-7-15/h8-12,15-16H,3-7,18H2,1-2H3. The molecule has 2 rings (SSSR count). The highest BCUT2D eigenvalue weighted by molar-refractivity contribution is 6.30. The second kappa shape index (κ2) is 6.74. The van der Waals surface area contributed by atoms with Gasteiger partial charge in [-0.2, -0.15) is 0 Å². The van der Waals surface area contributed by atoms with Gasteiger partial charge < -0.3 is 5.73 Å². The zero-order valence-corrected chi connectivity index (χ0v) is 12.7. The van der Waals surface area contributed by atoms with Crippen molar-refractivity contribution in [3.05, 3.63) is 34.9 Å². The van der Waals surface area contributed by atoms with Crippen LogP contribution < -0.4 is 5.73 Å². The average molecular weight is 281 g/mol. The van der Waals surface area contributed by atoms with Gasteiger partial charge in [-0.25, -0.2) is 0 Å². The lowest BCUT2D eigenvalue weighted by molar-refractivity contribution is 0.123. The Morgan fingerprint density at radius 1 is 1.16 bits per heavy atom. The largest absolute Gasteiger partial charge is 0.326 e. The molecular formula is C16H25ClN2. The van der Waals surface area contributed by atoms with Crippen LogP contribution >= 0.6 is 11.6 Å². The van der Waals surface area contributed by atoms with Crippen molar-refractivity contribution in [3.8, 4) is 0 Å². The van der Waals surface area contributed by atoms with Gasteiger partial charge in [0.15, 0.2) is 0 Å². The number of likely N-dealkylation sites (N-methyl/N-ethyl adjacent to an activating group) is 1. The summed E-state index contributed by atoms with van der Waals surface area (Å²) in [7, 11) is 2.22. The molecule has 1 aliphatic carbocycles. The molecule has 2 nitrogen and oxygen atoms in total. The number of nitrogens with two attached hydrogens (primary N) is 1. The van der Waals surface area contributed by atoms with Gasteiger partial charge in [0.1, 0.15) is 0 Å². The molecule has 2 atom stereocenters. The molecule has 106 valence electrons. The number of benzene rings is 1. The summed E-state index contributed by atoms with van der Waals surface area (Å²) in [5, 5.41) is 0.785. The first-order valence-corrected chi connectivity index (χ1v) is 7.70. The van der Waals surface area contributed by atoms with Crippen molar-refractivity contribution in [1.82, 2.24) is 4.90 Å². The van der Waals surface area contributed by atoms with E-state index >= 15 is 0 Å². The molecule has 2 unspecified atom stereocenters. The summed E-state index contributed by atoms with van der Waals surface area (Å²) in [6, 6.07) is 9.20. The molecule has 0 radical (unpaired) electrons. The topological polar surface area (TPSA) is 29.3 Å². The molecule has 2 N–H and O–H groups in total. The lowest BCUT2D eigenvalue weighted by atomic mass is 9.91. The van der Waals surface area contributed by atoms with E-state index in [1.54, 1.807) is 0 Å². The highest BCUT2D eigenvalue weighted by Gasteiger charge is 2.27. The summed E-state index contributed by atoms with van der Waals surface area (Å²) in [5.41, 5.74) is 7.51. The van der Waals surface area contributed by atoms with E-state index in [0.717, 1.165) is 5.02 Å². The van der Waals surface area contributed by atoms with Crippen LogP contribution in [-0.4, -0.2) is 24.0 Å². The SMILES string of the molecule is CC(N)C(c1ccc(Cl)cc1)N(C)C1CCCCC1. The van der Waals surface area contributed by atoms with Gasteiger partial charge in [0.2, 0.25) is 0 Å². The predicted octanol–water partition coefficient (Wildman–Crippen LogP) is 3.99. The number of rotatable bonds is 4. The molecule has 0 saturated heterocycles. The number of hydrogen-bond acceptors (Lipinski definition) is 2. The molecule has 0 spiro atoms. The van der Waals surface area contributed by atoms with E-state index in [0.29, 0.717) is 6.04 Å². The van der Waals surface area contributed by atoms with Crippen LogP contribution in [0.4, 0.5) is 0 Å². The van der Waals surface area contributed by atoms with Gasteiger partial charge in [-0.3, -0.25) is 4.90 Å². The Bertz CT molecular complexity index is 382. The molecule has 0 amide bonds. The minimum absolute atomic E-state index is 0.119. The number of halogens is 1. The average Bonchev–Trinajstić information content (AvgIpc) is 2.42. The van der Waals surface area contributed by atoms with Crippen LogP contribution in [0, 0.1) is 0 Å². The molecule has 1 saturated carbocycles. The summed E-state index contributed by atoms with van der Waals surface area (Å²) in [6.07, 6.45) is 6.68. The maximum atomic E-state index is 6.24. The van der Waals surface area contributed by atoms with Crippen LogP contribution in [0.25, 0.3) is 0 Å². The normalized spacial score (nSPS) is 20.5. The van der Waals surface area contributed by atoms with Crippen LogP contribution in [-0.2, 0) is 0 Å². The van der Waals surface area contributed by atoms with Crippen molar-refractivity contribution >= 4 is 11.6 Å². The lowest BCUT2D eigenvalue weighted by Crippen LogP contribution is -2.43. The van der Waals surface area contributed by atoms with E-state index in [2.05, 4.69) is 31.0 Å². The molecule has 1 aromatic rings. The quantitative estimate of drug-likeness (QED) is 0.903. The molecule has 0 bridgehead atoms. The lowest BCUT2D eigenvalue weighted by Gasteiger charge is -2.39. The zero-order valence-electron chi connectivity index (χ0n) is 12.0. The number of nitrogens with zero attached hydrogens (tertiary/aromatic N) is 1. The summed E-state index contributed by atoms with van der Waals surface area (Å²) < 4.78 is 0. The van der Waals surface area contributed by atoms with Crippen LogP contribution in [0.3, 0.4) is 0 Å². The Hall–Kier alpha value is -0.570. The third-order valence-electron chi connectivity index (χ3n) is 4.30. The van der Waals surface area contributed by atoms with Gasteiger partial charge in [-0.1, -0.05) is 43.0 Å². The smallest absolute Gasteiger partial charge is 0.0496 e. The van der Waals surface area contributed by atoms with Crippen molar-refractivity contribution in [1.29, 1.82) is 0 Å². The Kier molecular flexibility index (Phi) is 5.26. The predicted molar refractivity (Wildman–Crippen MR) is 82.5 cm³/mol. The van der Waals surface area contributed by atoms with E-state index in [4.69, 9.17) is 17.3 Å². The van der Waals surface area contributed by atoms with Crippen molar-refractivity contribution in [2.45, 2.75) is 57.2 Å². The van der Waals surface area contributed by atoms with Crippen LogP contribution in [0.2, 0.25) is 5.02 Å². The Labute approximate surface area is 121 Å². The van der Waals surface area contributed by atoms with Crippen LogP contribution in [0.1, 0.15) is 50.6 Å². The first-order valence-electron chi connectivity index (χ1n) is 7.32. The van der Waals surface area contributed by atoms with E-state index in [-0.39, 0.29) is 12.1 Å². The fourth-order valence-electron chi connectivity index (χ4n) is 3.28. The monoisotopic (exact) mass is 280 g/mol. The minimum atomic E-state index is 0.119. The van der Waals surface area contributed by atoms with E-state index in [9.17, 15) is 0 Å². The Balaban J connectivity index is 2.16. The Morgan fingerprint density at radius 3 is 2.26 bits per heavy atom. The molecule has 1 aromatic carbocycles. The highest BCUT2D eigenvalue weighted by atomic mass is 35.5. The summed E-state index contributed by atoms with van der Waals surface area (Å²) in [6.45, 7) is 2.10. The van der Waals surface area contributed by atoms with Gasteiger partial charge in [0.25, 0.3) is 0 Å². The maximum Gasteiger partial charge on any atom is 0.0496 e. The van der Waals surface area contributed by atoms with Crippen molar-refractivity contribution in [2.24, 2.45) is 5.73 Å². The fourth-order valence-corrected chi connectivity index (χ4v) is 3.41. The summed E-state index contributed by atoms with van der Waals surface area (Å²) in [4.78, 5) is 2.48.